The Balaban J connectivity index is 0.000000451. The van der Waals surface area contributed by atoms with Gasteiger partial charge in [-0.25, -0.2) is 0 Å². The third-order valence-corrected chi connectivity index (χ3v) is 5.35. The first kappa shape index (κ1) is 30.0. The van der Waals surface area contributed by atoms with Crippen molar-refractivity contribution in [3.63, 3.8) is 0 Å². The van der Waals surface area contributed by atoms with Gasteiger partial charge in [-0.1, -0.05) is 0 Å². The van der Waals surface area contributed by atoms with Crippen LogP contribution in [-0.4, -0.2) is 58.3 Å². The highest BCUT2D eigenvalue weighted by Crippen LogP contribution is 2.28. The van der Waals surface area contributed by atoms with Crippen molar-refractivity contribution >= 4 is 17.3 Å². The lowest BCUT2D eigenvalue weighted by Crippen LogP contribution is -2.44. The maximum atomic E-state index is 11.0. The highest BCUT2D eigenvalue weighted by atomic mass is 16.6. The van der Waals surface area contributed by atoms with Crippen LogP contribution in [0.3, 0.4) is 0 Å². The average molecular weight is 457 g/mol. The number of allylic oxidation sites excluding steroid dienone is 4. The van der Waals surface area contributed by atoms with Crippen molar-refractivity contribution in [2.75, 3.05) is 19.8 Å². The molecular formula is C24H40O8. The molecule has 0 bridgehead atoms. The summed E-state index contributed by atoms with van der Waals surface area (Å²) in [5.74, 6) is -0.657. The van der Waals surface area contributed by atoms with Crippen LogP contribution in [0.4, 0.5) is 0 Å². The van der Waals surface area contributed by atoms with Crippen molar-refractivity contribution < 1.29 is 39.2 Å². The number of ketones is 3. The maximum absolute atomic E-state index is 11.0. The van der Waals surface area contributed by atoms with E-state index < -0.39 is 5.79 Å². The van der Waals surface area contributed by atoms with Crippen LogP contribution < -0.4 is 0 Å². The summed E-state index contributed by atoms with van der Waals surface area (Å²) in [4.78, 5) is 32.6. The summed E-state index contributed by atoms with van der Waals surface area (Å²) in [6, 6.07) is 0. The molecule has 1 fully saturated rings. The molecule has 8 heteroatoms. The fourth-order valence-corrected chi connectivity index (χ4v) is 3.54. The van der Waals surface area contributed by atoms with Crippen molar-refractivity contribution in [1.29, 1.82) is 0 Å². The number of carbonyl (C=O) groups excluding carboxylic acids is 3. The molecule has 0 aromatic heterocycles. The van der Waals surface area contributed by atoms with Crippen molar-refractivity contribution in [1.82, 2.24) is 0 Å². The van der Waals surface area contributed by atoms with E-state index in [1.165, 1.54) is 20.8 Å². The summed E-state index contributed by atoms with van der Waals surface area (Å²) < 4.78 is 10.3. The van der Waals surface area contributed by atoms with Gasteiger partial charge in [-0.15, -0.1) is 0 Å². The Morgan fingerprint density at radius 3 is 2.06 bits per heavy atom. The SMILES string of the molecule is CC(=O)/C(CCCO)=C(\C)O.CC(=O)C1=C(C)OCCC1.CC(=O)C1CCCOC1(C)O. The Labute approximate surface area is 191 Å². The molecule has 184 valence electrons. The van der Waals surface area contributed by atoms with Crippen LogP contribution in [0, 0.1) is 5.92 Å². The number of carbonyl (C=O) groups is 3. The fourth-order valence-electron chi connectivity index (χ4n) is 3.54. The molecule has 2 rings (SSSR count). The van der Waals surface area contributed by atoms with Crippen LogP contribution >= 0.6 is 0 Å². The Morgan fingerprint density at radius 1 is 1.09 bits per heavy atom. The highest BCUT2D eigenvalue weighted by molar-refractivity contribution is 5.94. The standard InChI is InChI=1S/2C8H14O3.C8H12O2/c1-6(9)7-4-3-5-11-8(7,2)10;1-6(10)8(7(2)11)4-3-5-9;1-6(9)8-4-3-5-10-7(8)2/h7,10H,3-5H2,1-2H3;9-10H,3-5H2,1-2H3;3-5H2,1-2H3/b;8-6+;. The van der Waals surface area contributed by atoms with Gasteiger partial charge in [-0.3, -0.25) is 14.4 Å². The monoisotopic (exact) mass is 456 g/mol. The first-order valence-electron chi connectivity index (χ1n) is 11.1. The Morgan fingerprint density at radius 2 is 1.72 bits per heavy atom. The molecule has 0 amide bonds. The topological polar surface area (TPSA) is 130 Å². The molecular weight excluding hydrogens is 416 g/mol. The summed E-state index contributed by atoms with van der Waals surface area (Å²) in [5.41, 5.74) is 1.28. The summed E-state index contributed by atoms with van der Waals surface area (Å²) in [6.45, 7) is 10.7. The maximum Gasteiger partial charge on any atom is 0.172 e. The van der Waals surface area contributed by atoms with Crippen molar-refractivity contribution in [3.8, 4) is 0 Å². The van der Waals surface area contributed by atoms with Gasteiger partial charge in [0.25, 0.3) is 0 Å². The summed E-state index contributed by atoms with van der Waals surface area (Å²) >= 11 is 0. The van der Waals surface area contributed by atoms with Gasteiger partial charge in [0.15, 0.2) is 17.4 Å². The Kier molecular flexibility index (Phi) is 14.0. The van der Waals surface area contributed by atoms with E-state index in [-0.39, 0.29) is 35.6 Å². The van der Waals surface area contributed by atoms with Gasteiger partial charge >= 0.3 is 0 Å². The first-order chi connectivity index (χ1) is 14.8. The zero-order chi connectivity index (χ0) is 24.9. The summed E-state index contributed by atoms with van der Waals surface area (Å²) in [5, 5.41) is 27.0. The van der Waals surface area contributed by atoms with Crippen molar-refractivity contribution in [2.45, 2.75) is 85.9 Å². The molecule has 2 aliphatic rings. The molecule has 1 saturated heterocycles. The first-order valence-corrected chi connectivity index (χ1v) is 11.1. The molecule has 3 N–H and O–H groups in total. The molecule has 0 spiro atoms. The van der Waals surface area contributed by atoms with Gasteiger partial charge < -0.3 is 24.8 Å². The predicted octanol–water partition coefficient (Wildman–Crippen LogP) is 3.55. The number of Topliss-reactive ketones (excluding diaryl/α,β-unsaturated/α-hetero) is 3. The van der Waals surface area contributed by atoms with Gasteiger partial charge in [0, 0.05) is 17.8 Å². The largest absolute Gasteiger partial charge is 0.512 e. The fraction of sp³-hybridized carbons (Fsp3) is 0.708. The Bertz CT molecular complexity index is 699. The molecule has 0 aromatic carbocycles. The van der Waals surface area contributed by atoms with Gasteiger partial charge in [0.1, 0.15) is 5.78 Å². The highest BCUT2D eigenvalue weighted by Gasteiger charge is 2.38. The minimum absolute atomic E-state index is 0.00898. The number of aliphatic hydroxyl groups excluding tert-OH is 2. The van der Waals surface area contributed by atoms with E-state index in [1.54, 1.807) is 13.8 Å². The minimum Gasteiger partial charge on any atom is -0.512 e. The van der Waals surface area contributed by atoms with Crippen LogP contribution in [-0.2, 0) is 23.9 Å². The molecule has 2 heterocycles. The Hall–Kier alpha value is -2.03. The van der Waals surface area contributed by atoms with E-state index in [0.717, 1.165) is 43.6 Å². The normalized spacial score (nSPS) is 23.4. The van der Waals surface area contributed by atoms with Crippen LogP contribution in [0.5, 0.6) is 0 Å². The number of aliphatic hydroxyl groups is 3. The number of ether oxygens (including phenoxy) is 2. The predicted molar refractivity (Wildman–Crippen MR) is 121 cm³/mol. The van der Waals surface area contributed by atoms with E-state index >= 15 is 0 Å². The molecule has 0 aliphatic carbocycles. The van der Waals surface area contributed by atoms with Crippen molar-refractivity contribution in [3.05, 3.63) is 22.7 Å². The quantitative estimate of drug-likeness (QED) is 0.409. The van der Waals surface area contributed by atoms with E-state index in [2.05, 4.69) is 0 Å². The number of hydrogen-bond acceptors (Lipinski definition) is 8. The zero-order valence-corrected chi connectivity index (χ0v) is 20.3. The van der Waals surface area contributed by atoms with Gasteiger partial charge in [-0.05, 0) is 80.1 Å². The van der Waals surface area contributed by atoms with E-state index in [9.17, 15) is 19.5 Å². The second-order valence-corrected chi connectivity index (χ2v) is 8.20. The lowest BCUT2D eigenvalue weighted by atomic mass is 9.89. The molecule has 2 aliphatic heterocycles. The smallest absolute Gasteiger partial charge is 0.172 e. The number of rotatable bonds is 6. The second kappa shape index (κ2) is 14.9. The van der Waals surface area contributed by atoms with Crippen LogP contribution in [0.15, 0.2) is 22.7 Å². The van der Waals surface area contributed by atoms with E-state index in [0.29, 0.717) is 25.0 Å². The van der Waals surface area contributed by atoms with Gasteiger partial charge in [0.2, 0.25) is 0 Å². The summed E-state index contributed by atoms with van der Waals surface area (Å²) in [7, 11) is 0. The van der Waals surface area contributed by atoms with Crippen LogP contribution in [0.1, 0.15) is 80.1 Å². The van der Waals surface area contributed by atoms with Gasteiger partial charge in [-0.2, -0.15) is 0 Å². The third kappa shape index (κ3) is 11.0. The van der Waals surface area contributed by atoms with Crippen LogP contribution in [0.25, 0.3) is 0 Å². The lowest BCUT2D eigenvalue weighted by molar-refractivity contribution is -0.239. The second-order valence-electron chi connectivity index (χ2n) is 8.20. The van der Waals surface area contributed by atoms with Crippen LogP contribution in [0.2, 0.25) is 0 Å². The molecule has 32 heavy (non-hydrogen) atoms. The van der Waals surface area contributed by atoms with Gasteiger partial charge in [0.05, 0.1) is 30.6 Å². The molecule has 0 aromatic rings. The third-order valence-electron chi connectivity index (χ3n) is 5.35. The zero-order valence-electron chi connectivity index (χ0n) is 20.3. The van der Waals surface area contributed by atoms with E-state index in [4.69, 9.17) is 19.7 Å². The molecule has 0 saturated carbocycles. The average Bonchev–Trinajstić information content (AvgIpc) is 2.68. The number of hydrogen-bond donors (Lipinski definition) is 3. The minimum atomic E-state index is -1.23. The summed E-state index contributed by atoms with van der Waals surface area (Å²) in [6.07, 6.45) is 4.44. The molecule has 8 nitrogen and oxygen atoms in total. The van der Waals surface area contributed by atoms with E-state index in [1.807, 2.05) is 6.92 Å². The van der Waals surface area contributed by atoms with Crippen molar-refractivity contribution in [2.24, 2.45) is 5.92 Å². The molecule has 0 radical (unpaired) electrons. The molecule has 2 atom stereocenters. The lowest BCUT2D eigenvalue weighted by Gasteiger charge is -2.35. The molecule has 2 unspecified atom stereocenters.